The number of hydrogen-bond donors (Lipinski definition) is 2. The number of nitrogens with zero attached hydrogens (tertiary/aromatic N) is 1. The Morgan fingerprint density at radius 1 is 1.31 bits per heavy atom. The molecule has 6 heteroatoms. The molecule has 1 fully saturated rings. The Kier molecular flexibility index (Phi) is 6.06. The summed E-state index contributed by atoms with van der Waals surface area (Å²) in [5.74, 6) is -0.497. The topological polar surface area (TPSA) is 61.4 Å². The summed E-state index contributed by atoms with van der Waals surface area (Å²) in [7, 11) is 0. The zero-order valence-electron chi connectivity index (χ0n) is 16.4. The van der Waals surface area contributed by atoms with Crippen molar-refractivity contribution in [3.63, 3.8) is 0 Å². The first kappa shape index (κ1) is 20.4. The van der Waals surface area contributed by atoms with E-state index in [0.29, 0.717) is 13.1 Å². The minimum absolute atomic E-state index is 0.00336. The molecule has 26 heavy (non-hydrogen) atoms. The molecule has 144 valence electrons. The van der Waals surface area contributed by atoms with Gasteiger partial charge < -0.3 is 10.6 Å². The number of rotatable bonds is 5. The Hall–Kier alpha value is -1.95. The van der Waals surface area contributed by atoms with E-state index < -0.39 is 5.54 Å². The molecular weight excluding hydrogens is 333 g/mol. The Morgan fingerprint density at radius 3 is 2.50 bits per heavy atom. The molecule has 0 aromatic heterocycles. The van der Waals surface area contributed by atoms with Crippen LogP contribution in [0, 0.1) is 11.2 Å². The standard InChI is InChI=1S/C20H30FN3O2/c1-19(2,3)12-16(14-6-8-15(21)9-7-14)23-17(25)13-24-11-10-22-18(26)20(24,4)5/h6-9,16H,10-13H2,1-5H3,(H,22,26)(H,23,25). The zero-order valence-corrected chi connectivity index (χ0v) is 16.4. The second kappa shape index (κ2) is 7.74. The van der Waals surface area contributed by atoms with Crippen LogP contribution in [0.4, 0.5) is 4.39 Å². The van der Waals surface area contributed by atoms with Crippen LogP contribution in [0.5, 0.6) is 0 Å². The van der Waals surface area contributed by atoms with Gasteiger partial charge in [0, 0.05) is 13.1 Å². The summed E-state index contributed by atoms with van der Waals surface area (Å²) in [6.45, 7) is 11.3. The van der Waals surface area contributed by atoms with Crippen LogP contribution >= 0.6 is 0 Å². The molecule has 5 nitrogen and oxygen atoms in total. The van der Waals surface area contributed by atoms with E-state index in [9.17, 15) is 14.0 Å². The van der Waals surface area contributed by atoms with Crippen molar-refractivity contribution < 1.29 is 14.0 Å². The molecule has 2 amide bonds. The van der Waals surface area contributed by atoms with Crippen molar-refractivity contribution in [1.29, 1.82) is 0 Å². The maximum Gasteiger partial charge on any atom is 0.240 e. The fourth-order valence-electron chi connectivity index (χ4n) is 3.19. The van der Waals surface area contributed by atoms with Crippen LogP contribution in [0.15, 0.2) is 24.3 Å². The fourth-order valence-corrected chi connectivity index (χ4v) is 3.19. The lowest BCUT2D eigenvalue weighted by atomic mass is 9.85. The van der Waals surface area contributed by atoms with Gasteiger partial charge in [-0.15, -0.1) is 0 Å². The lowest BCUT2D eigenvalue weighted by Crippen LogP contribution is -2.63. The molecule has 1 aliphatic heterocycles. The predicted octanol–water partition coefficient (Wildman–Crippen LogP) is 2.63. The number of carbonyl (C=O) groups excluding carboxylic acids is 2. The fraction of sp³-hybridized carbons (Fsp3) is 0.600. The Bertz CT molecular complexity index is 650. The quantitative estimate of drug-likeness (QED) is 0.845. The van der Waals surface area contributed by atoms with Crippen molar-refractivity contribution in [3.8, 4) is 0 Å². The minimum Gasteiger partial charge on any atom is -0.353 e. The maximum absolute atomic E-state index is 13.2. The summed E-state index contributed by atoms with van der Waals surface area (Å²) in [6, 6.07) is 6.05. The molecule has 0 aliphatic carbocycles. The first-order chi connectivity index (χ1) is 12.0. The Morgan fingerprint density at radius 2 is 1.92 bits per heavy atom. The van der Waals surface area contributed by atoms with E-state index in [4.69, 9.17) is 0 Å². The molecule has 1 atom stereocenters. The van der Waals surface area contributed by atoms with E-state index >= 15 is 0 Å². The van der Waals surface area contributed by atoms with Gasteiger partial charge in [0.25, 0.3) is 0 Å². The molecule has 1 saturated heterocycles. The van der Waals surface area contributed by atoms with E-state index in [1.165, 1.54) is 12.1 Å². The van der Waals surface area contributed by atoms with Crippen LogP contribution < -0.4 is 10.6 Å². The average Bonchev–Trinajstić information content (AvgIpc) is 2.51. The van der Waals surface area contributed by atoms with Crippen LogP contribution in [0.2, 0.25) is 0 Å². The van der Waals surface area contributed by atoms with Gasteiger partial charge >= 0.3 is 0 Å². The summed E-state index contributed by atoms with van der Waals surface area (Å²) in [6.07, 6.45) is 0.730. The summed E-state index contributed by atoms with van der Waals surface area (Å²) in [5.41, 5.74) is 0.159. The lowest BCUT2D eigenvalue weighted by Gasteiger charge is -2.41. The summed E-state index contributed by atoms with van der Waals surface area (Å²) >= 11 is 0. The number of nitrogens with one attached hydrogen (secondary N) is 2. The Balaban J connectivity index is 2.10. The third-order valence-electron chi connectivity index (χ3n) is 4.77. The molecule has 0 bridgehead atoms. The van der Waals surface area contributed by atoms with Crippen molar-refractivity contribution in [1.82, 2.24) is 15.5 Å². The monoisotopic (exact) mass is 363 g/mol. The van der Waals surface area contributed by atoms with Gasteiger partial charge in [-0.25, -0.2) is 4.39 Å². The highest BCUT2D eigenvalue weighted by Gasteiger charge is 2.38. The minimum atomic E-state index is -0.717. The van der Waals surface area contributed by atoms with Crippen LogP contribution in [0.1, 0.15) is 52.6 Å². The van der Waals surface area contributed by atoms with Gasteiger partial charge in [-0.05, 0) is 43.4 Å². The van der Waals surface area contributed by atoms with Gasteiger partial charge in [0.2, 0.25) is 11.8 Å². The summed E-state index contributed by atoms with van der Waals surface area (Å²) in [4.78, 5) is 26.6. The van der Waals surface area contributed by atoms with E-state index in [0.717, 1.165) is 12.0 Å². The van der Waals surface area contributed by atoms with Crippen LogP contribution in [-0.2, 0) is 9.59 Å². The number of benzene rings is 1. The third kappa shape index (κ3) is 5.27. The highest BCUT2D eigenvalue weighted by molar-refractivity contribution is 5.87. The SMILES string of the molecule is CC(C)(C)CC(NC(=O)CN1CCNC(=O)C1(C)C)c1ccc(F)cc1. The molecule has 0 saturated carbocycles. The first-order valence-corrected chi connectivity index (χ1v) is 9.07. The van der Waals surface area contributed by atoms with E-state index in [2.05, 4.69) is 31.4 Å². The van der Waals surface area contributed by atoms with Gasteiger partial charge in [0.15, 0.2) is 0 Å². The largest absolute Gasteiger partial charge is 0.353 e. The van der Waals surface area contributed by atoms with E-state index in [1.54, 1.807) is 12.1 Å². The number of piperazine rings is 1. The molecule has 0 spiro atoms. The summed E-state index contributed by atoms with van der Waals surface area (Å²) in [5, 5.41) is 5.91. The molecular formula is C20H30FN3O2. The Labute approximate surface area is 155 Å². The van der Waals surface area contributed by atoms with Crippen molar-refractivity contribution >= 4 is 11.8 Å². The smallest absolute Gasteiger partial charge is 0.240 e. The second-order valence-corrected chi connectivity index (χ2v) is 8.67. The van der Waals surface area contributed by atoms with Crippen molar-refractivity contribution in [2.45, 2.75) is 52.6 Å². The highest BCUT2D eigenvalue weighted by Crippen LogP contribution is 2.29. The van der Waals surface area contributed by atoms with E-state index in [1.807, 2.05) is 18.7 Å². The molecule has 1 aromatic carbocycles. The first-order valence-electron chi connectivity index (χ1n) is 9.07. The average molecular weight is 363 g/mol. The second-order valence-electron chi connectivity index (χ2n) is 8.67. The molecule has 1 unspecified atom stereocenters. The zero-order chi connectivity index (χ0) is 19.5. The number of carbonyl (C=O) groups is 2. The number of amides is 2. The van der Waals surface area contributed by atoms with Crippen molar-refractivity contribution in [2.75, 3.05) is 19.6 Å². The van der Waals surface area contributed by atoms with Gasteiger partial charge in [-0.3, -0.25) is 14.5 Å². The third-order valence-corrected chi connectivity index (χ3v) is 4.77. The van der Waals surface area contributed by atoms with Crippen LogP contribution in [0.3, 0.4) is 0 Å². The predicted molar refractivity (Wildman–Crippen MR) is 100 cm³/mol. The molecule has 2 N–H and O–H groups in total. The molecule has 1 aliphatic rings. The number of halogens is 1. The van der Waals surface area contributed by atoms with Crippen molar-refractivity contribution in [3.05, 3.63) is 35.6 Å². The summed E-state index contributed by atoms with van der Waals surface area (Å²) < 4.78 is 13.2. The van der Waals surface area contributed by atoms with Gasteiger partial charge in [-0.2, -0.15) is 0 Å². The molecule has 1 aromatic rings. The van der Waals surface area contributed by atoms with Crippen LogP contribution in [0.25, 0.3) is 0 Å². The highest BCUT2D eigenvalue weighted by atomic mass is 19.1. The molecule has 0 radical (unpaired) electrons. The van der Waals surface area contributed by atoms with Crippen LogP contribution in [-0.4, -0.2) is 41.9 Å². The molecule has 2 rings (SSSR count). The van der Waals surface area contributed by atoms with Gasteiger partial charge in [0.05, 0.1) is 18.1 Å². The van der Waals surface area contributed by atoms with Crippen molar-refractivity contribution in [2.24, 2.45) is 5.41 Å². The normalized spacial score (nSPS) is 18.9. The lowest BCUT2D eigenvalue weighted by molar-refractivity contribution is -0.137. The molecule has 1 heterocycles. The number of hydrogen-bond acceptors (Lipinski definition) is 3. The van der Waals surface area contributed by atoms with Gasteiger partial charge in [-0.1, -0.05) is 32.9 Å². The van der Waals surface area contributed by atoms with Gasteiger partial charge in [0.1, 0.15) is 5.82 Å². The van der Waals surface area contributed by atoms with E-state index in [-0.39, 0.29) is 35.6 Å². The maximum atomic E-state index is 13.2.